The first-order chi connectivity index (χ1) is 12.8. The third kappa shape index (κ3) is 6.63. The van der Waals surface area contributed by atoms with E-state index >= 15 is 0 Å². The fraction of sp³-hybridized carbons (Fsp3) is 0.435. The second-order valence-corrected chi connectivity index (χ2v) is 7.75. The summed E-state index contributed by atoms with van der Waals surface area (Å²) in [6.07, 6.45) is 0.104. The Morgan fingerprint density at radius 3 is 2.37 bits per heavy atom. The number of carbonyl (C=O) groups excluding carboxylic acids is 1. The maximum Gasteiger partial charge on any atom is 0.261 e. The summed E-state index contributed by atoms with van der Waals surface area (Å²) in [5, 5.41) is 2.89. The summed E-state index contributed by atoms with van der Waals surface area (Å²) < 4.78 is 11.5. The summed E-state index contributed by atoms with van der Waals surface area (Å²) in [5.74, 6) is 1.40. The minimum atomic E-state index is -0.502. The molecule has 1 N–H and O–H groups in total. The molecule has 27 heavy (non-hydrogen) atoms. The zero-order valence-electron chi connectivity index (χ0n) is 17.0. The third-order valence-electron chi connectivity index (χ3n) is 4.32. The Hall–Kier alpha value is -2.49. The predicted octanol–water partition coefficient (Wildman–Crippen LogP) is 4.65. The first-order valence-corrected chi connectivity index (χ1v) is 9.54. The van der Waals surface area contributed by atoms with Crippen molar-refractivity contribution < 1.29 is 14.3 Å². The Balaban J connectivity index is 1.77. The van der Waals surface area contributed by atoms with Gasteiger partial charge in [-0.1, -0.05) is 52.0 Å². The highest BCUT2D eigenvalue weighted by Gasteiger charge is 2.18. The van der Waals surface area contributed by atoms with Crippen LogP contribution >= 0.6 is 0 Å². The van der Waals surface area contributed by atoms with E-state index < -0.39 is 6.10 Å². The minimum absolute atomic E-state index is 0.120. The third-order valence-corrected chi connectivity index (χ3v) is 4.32. The first-order valence-electron chi connectivity index (χ1n) is 9.54. The molecule has 0 bridgehead atoms. The largest absolute Gasteiger partial charge is 0.492 e. The van der Waals surface area contributed by atoms with Crippen LogP contribution in [0.1, 0.15) is 45.2 Å². The minimum Gasteiger partial charge on any atom is -0.492 e. The van der Waals surface area contributed by atoms with Gasteiger partial charge in [0.05, 0.1) is 6.54 Å². The van der Waals surface area contributed by atoms with Crippen molar-refractivity contribution in [1.29, 1.82) is 0 Å². The van der Waals surface area contributed by atoms with Crippen molar-refractivity contribution in [1.82, 2.24) is 5.32 Å². The van der Waals surface area contributed by atoms with Crippen LogP contribution in [0.3, 0.4) is 0 Å². The standard InChI is InChI=1S/C23H31NO3/c1-6-21(27-20-9-7-8-17(2)16-20)22(25)24-14-15-26-19-12-10-18(11-13-19)23(3,4)5/h7-13,16,21H,6,14-15H2,1-5H3,(H,24,25). The van der Waals surface area contributed by atoms with E-state index in [9.17, 15) is 4.79 Å². The lowest BCUT2D eigenvalue weighted by molar-refractivity contribution is -0.128. The Morgan fingerprint density at radius 2 is 1.78 bits per heavy atom. The monoisotopic (exact) mass is 369 g/mol. The van der Waals surface area contributed by atoms with E-state index in [1.54, 1.807) is 0 Å². The van der Waals surface area contributed by atoms with E-state index in [-0.39, 0.29) is 11.3 Å². The molecular weight excluding hydrogens is 338 g/mol. The van der Waals surface area contributed by atoms with Crippen molar-refractivity contribution in [3.63, 3.8) is 0 Å². The highest BCUT2D eigenvalue weighted by molar-refractivity contribution is 5.81. The quantitative estimate of drug-likeness (QED) is 0.689. The average molecular weight is 370 g/mol. The van der Waals surface area contributed by atoms with Gasteiger partial charge in [0.15, 0.2) is 6.10 Å². The fourth-order valence-corrected chi connectivity index (χ4v) is 2.68. The van der Waals surface area contributed by atoms with Crippen molar-refractivity contribution in [2.24, 2.45) is 0 Å². The molecule has 0 heterocycles. The first kappa shape index (κ1) is 20.8. The van der Waals surface area contributed by atoms with Crippen LogP contribution in [0.4, 0.5) is 0 Å². The Morgan fingerprint density at radius 1 is 1.07 bits per heavy atom. The zero-order valence-corrected chi connectivity index (χ0v) is 17.0. The van der Waals surface area contributed by atoms with Crippen LogP contribution in [0.2, 0.25) is 0 Å². The molecule has 2 aromatic rings. The molecule has 2 rings (SSSR count). The Labute approximate surface area is 162 Å². The highest BCUT2D eigenvalue weighted by atomic mass is 16.5. The molecule has 0 aliphatic rings. The van der Waals surface area contributed by atoms with Gasteiger partial charge < -0.3 is 14.8 Å². The van der Waals surface area contributed by atoms with Gasteiger partial charge in [-0.05, 0) is 54.2 Å². The summed E-state index contributed by atoms with van der Waals surface area (Å²) in [4.78, 5) is 12.3. The lowest BCUT2D eigenvalue weighted by Gasteiger charge is -2.19. The number of nitrogens with one attached hydrogen (secondary N) is 1. The molecule has 0 saturated heterocycles. The molecule has 0 aliphatic heterocycles. The fourth-order valence-electron chi connectivity index (χ4n) is 2.68. The van der Waals surface area contributed by atoms with E-state index in [4.69, 9.17) is 9.47 Å². The predicted molar refractivity (Wildman–Crippen MR) is 110 cm³/mol. The van der Waals surface area contributed by atoms with Gasteiger partial charge >= 0.3 is 0 Å². The topological polar surface area (TPSA) is 47.6 Å². The summed E-state index contributed by atoms with van der Waals surface area (Å²) in [6.45, 7) is 11.3. The molecule has 0 fully saturated rings. The van der Waals surface area contributed by atoms with Gasteiger partial charge in [0.25, 0.3) is 5.91 Å². The normalized spacial score (nSPS) is 12.3. The zero-order chi connectivity index (χ0) is 19.9. The lowest BCUT2D eigenvalue weighted by atomic mass is 9.87. The molecule has 1 unspecified atom stereocenters. The summed E-state index contributed by atoms with van der Waals surface area (Å²) in [6, 6.07) is 15.8. The van der Waals surface area contributed by atoms with Gasteiger partial charge in [0.1, 0.15) is 18.1 Å². The van der Waals surface area contributed by atoms with Crippen LogP contribution in [0, 0.1) is 6.92 Å². The number of carbonyl (C=O) groups is 1. The molecule has 1 atom stereocenters. The summed E-state index contributed by atoms with van der Waals surface area (Å²) in [7, 11) is 0. The van der Waals surface area contributed by atoms with Crippen LogP contribution in [-0.4, -0.2) is 25.2 Å². The van der Waals surface area contributed by atoms with Gasteiger partial charge in [-0.2, -0.15) is 0 Å². The van der Waals surface area contributed by atoms with Crippen LogP contribution in [0.5, 0.6) is 11.5 Å². The van der Waals surface area contributed by atoms with Crippen LogP contribution in [0.15, 0.2) is 48.5 Å². The van der Waals surface area contributed by atoms with Crippen LogP contribution in [0.25, 0.3) is 0 Å². The molecular formula is C23H31NO3. The van der Waals surface area contributed by atoms with Gasteiger partial charge in [0.2, 0.25) is 0 Å². The molecule has 0 spiro atoms. The van der Waals surface area contributed by atoms with Crippen molar-refractivity contribution in [2.45, 2.75) is 52.6 Å². The Bertz CT molecular complexity index is 732. The Kier molecular flexibility index (Phi) is 7.28. The van der Waals surface area contributed by atoms with Crippen molar-refractivity contribution >= 4 is 5.91 Å². The molecule has 0 saturated carbocycles. The maximum absolute atomic E-state index is 12.3. The molecule has 0 radical (unpaired) electrons. The van der Waals surface area contributed by atoms with Gasteiger partial charge in [0, 0.05) is 0 Å². The molecule has 4 nitrogen and oxygen atoms in total. The molecule has 1 amide bonds. The van der Waals surface area contributed by atoms with Crippen molar-refractivity contribution in [2.75, 3.05) is 13.2 Å². The molecule has 0 aliphatic carbocycles. The smallest absolute Gasteiger partial charge is 0.261 e. The molecule has 146 valence electrons. The second kappa shape index (κ2) is 9.45. The maximum atomic E-state index is 12.3. The second-order valence-electron chi connectivity index (χ2n) is 7.75. The number of rotatable bonds is 8. The average Bonchev–Trinajstić information content (AvgIpc) is 2.63. The van der Waals surface area contributed by atoms with Gasteiger partial charge in [-0.15, -0.1) is 0 Å². The molecule has 2 aromatic carbocycles. The van der Waals surface area contributed by atoms with Gasteiger partial charge in [-0.25, -0.2) is 0 Å². The summed E-state index contributed by atoms with van der Waals surface area (Å²) >= 11 is 0. The number of benzene rings is 2. The highest BCUT2D eigenvalue weighted by Crippen LogP contribution is 2.24. The van der Waals surface area contributed by atoms with Crippen LogP contribution < -0.4 is 14.8 Å². The molecule has 4 heteroatoms. The van der Waals surface area contributed by atoms with Crippen molar-refractivity contribution in [3.8, 4) is 11.5 Å². The number of amides is 1. The lowest BCUT2D eigenvalue weighted by Crippen LogP contribution is -2.39. The van der Waals surface area contributed by atoms with E-state index in [0.717, 1.165) is 11.3 Å². The van der Waals surface area contributed by atoms with E-state index in [1.807, 2.05) is 50.2 Å². The number of aryl methyl sites for hydroxylation is 1. The van der Waals surface area contributed by atoms with E-state index in [2.05, 4.69) is 38.2 Å². The number of hydrogen-bond donors (Lipinski definition) is 1. The van der Waals surface area contributed by atoms with Crippen molar-refractivity contribution in [3.05, 3.63) is 59.7 Å². The van der Waals surface area contributed by atoms with E-state index in [1.165, 1.54) is 5.56 Å². The summed E-state index contributed by atoms with van der Waals surface area (Å²) in [5.41, 5.74) is 2.50. The van der Waals surface area contributed by atoms with Gasteiger partial charge in [-0.3, -0.25) is 4.79 Å². The SMILES string of the molecule is CCC(Oc1cccc(C)c1)C(=O)NCCOc1ccc(C(C)(C)C)cc1. The van der Waals surface area contributed by atoms with E-state index in [0.29, 0.717) is 25.3 Å². The number of hydrogen-bond acceptors (Lipinski definition) is 3. The van der Waals surface area contributed by atoms with Crippen LogP contribution in [-0.2, 0) is 10.2 Å². The number of ether oxygens (including phenoxy) is 2. The molecule has 0 aromatic heterocycles.